The summed E-state index contributed by atoms with van der Waals surface area (Å²) in [4.78, 5) is 30.3. The number of hydrogen-bond donors (Lipinski definition) is 1. The van der Waals surface area contributed by atoms with Gasteiger partial charge in [0.2, 0.25) is 0 Å². The third-order valence-electron chi connectivity index (χ3n) is 5.10. The van der Waals surface area contributed by atoms with Crippen LogP contribution in [0.1, 0.15) is 23.2 Å². The fraction of sp³-hybridized carbons (Fsp3) is 0.389. The van der Waals surface area contributed by atoms with Crippen molar-refractivity contribution in [1.29, 1.82) is 0 Å². The van der Waals surface area contributed by atoms with Gasteiger partial charge in [-0.2, -0.15) is 0 Å². The number of rotatable bonds is 3. The van der Waals surface area contributed by atoms with Crippen molar-refractivity contribution in [3.05, 3.63) is 42.2 Å². The van der Waals surface area contributed by atoms with Gasteiger partial charge in [-0.15, -0.1) is 0 Å². The number of amides is 1. The predicted molar refractivity (Wildman–Crippen MR) is 85.0 cm³/mol. The molecule has 0 unspecified atom stereocenters. The van der Waals surface area contributed by atoms with Crippen LogP contribution in [-0.2, 0) is 4.79 Å². The molecule has 1 aliphatic carbocycles. The highest BCUT2D eigenvalue weighted by molar-refractivity contribution is 6.06. The molecular weight excluding hydrogens is 292 g/mol. The summed E-state index contributed by atoms with van der Waals surface area (Å²) in [5.41, 5.74) is 0.559. The van der Waals surface area contributed by atoms with Crippen molar-refractivity contribution in [2.24, 2.45) is 17.8 Å². The Kier molecular flexibility index (Phi) is 3.29. The summed E-state index contributed by atoms with van der Waals surface area (Å²) in [6.45, 7) is 0.849. The van der Waals surface area contributed by atoms with Crippen LogP contribution in [0.15, 0.2) is 36.7 Å². The number of carbonyl (C=O) groups is 2. The SMILES string of the molecule is O=C(O)[C@H]1CN(C(=O)c2cncc3ccccc23)C[C@@H]1C1CC1. The van der Waals surface area contributed by atoms with Crippen LogP contribution < -0.4 is 0 Å². The highest BCUT2D eigenvalue weighted by Crippen LogP contribution is 2.44. The number of carboxylic acids is 1. The molecule has 1 amide bonds. The van der Waals surface area contributed by atoms with Crippen LogP contribution in [-0.4, -0.2) is 40.0 Å². The number of hydrogen-bond acceptors (Lipinski definition) is 3. The summed E-state index contributed by atoms with van der Waals surface area (Å²) in [5.74, 6) is -0.759. The molecule has 1 saturated carbocycles. The molecule has 1 saturated heterocycles. The minimum absolute atomic E-state index is 0.0967. The van der Waals surface area contributed by atoms with Crippen molar-refractivity contribution in [3.8, 4) is 0 Å². The summed E-state index contributed by atoms with van der Waals surface area (Å²) < 4.78 is 0. The fourth-order valence-electron chi connectivity index (χ4n) is 3.72. The normalized spacial score (nSPS) is 24.1. The molecular formula is C18H18N2O3. The van der Waals surface area contributed by atoms with E-state index in [0.717, 1.165) is 23.6 Å². The van der Waals surface area contributed by atoms with Crippen molar-refractivity contribution in [3.63, 3.8) is 0 Å². The summed E-state index contributed by atoms with van der Waals surface area (Å²) in [6.07, 6.45) is 5.51. The zero-order valence-corrected chi connectivity index (χ0v) is 12.7. The predicted octanol–water partition coefficient (Wildman–Crippen LogP) is 2.42. The second-order valence-electron chi connectivity index (χ2n) is 6.56. The molecule has 2 fully saturated rings. The highest BCUT2D eigenvalue weighted by Gasteiger charge is 2.47. The van der Waals surface area contributed by atoms with E-state index < -0.39 is 11.9 Å². The number of fused-ring (bicyclic) bond motifs is 1. The van der Waals surface area contributed by atoms with Crippen molar-refractivity contribution >= 4 is 22.6 Å². The number of aliphatic carboxylic acids is 1. The second kappa shape index (κ2) is 5.33. The first-order valence-corrected chi connectivity index (χ1v) is 8.00. The molecule has 2 heterocycles. The van der Waals surface area contributed by atoms with Crippen molar-refractivity contribution in [2.75, 3.05) is 13.1 Å². The molecule has 1 aromatic carbocycles. The third-order valence-corrected chi connectivity index (χ3v) is 5.10. The van der Waals surface area contributed by atoms with Gasteiger partial charge in [0, 0.05) is 30.9 Å². The summed E-state index contributed by atoms with van der Waals surface area (Å²) >= 11 is 0. The van der Waals surface area contributed by atoms with E-state index in [1.807, 2.05) is 24.3 Å². The molecule has 2 atom stereocenters. The summed E-state index contributed by atoms with van der Waals surface area (Å²) in [6, 6.07) is 7.65. The van der Waals surface area contributed by atoms with Gasteiger partial charge in [0.1, 0.15) is 0 Å². The highest BCUT2D eigenvalue weighted by atomic mass is 16.4. The quantitative estimate of drug-likeness (QED) is 0.945. The molecule has 4 rings (SSSR count). The van der Waals surface area contributed by atoms with Gasteiger partial charge >= 0.3 is 5.97 Å². The van der Waals surface area contributed by atoms with Gasteiger partial charge in [0.15, 0.2) is 0 Å². The number of carboxylic acid groups (broad SMARTS) is 1. The lowest BCUT2D eigenvalue weighted by molar-refractivity contribution is -0.142. The van der Waals surface area contributed by atoms with Gasteiger partial charge in [-0.05, 0) is 30.1 Å². The number of pyridine rings is 1. The van der Waals surface area contributed by atoms with E-state index >= 15 is 0 Å². The Hall–Kier alpha value is -2.43. The second-order valence-corrected chi connectivity index (χ2v) is 6.56. The number of aromatic nitrogens is 1. The molecule has 118 valence electrons. The Morgan fingerprint density at radius 1 is 1.13 bits per heavy atom. The minimum atomic E-state index is -0.784. The van der Waals surface area contributed by atoms with Crippen molar-refractivity contribution in [2.45, 2.75) is 12.8 Å². The Morgan fingerprint density at radius 3 is 2.65 bits per heavy atom. The van der Waals surface area contributed by atoms with Gasteiger partial charge in [-0.25, -0.2) is 0 Å². The maximum absolute atomic E-state index is 12.9. The Morgan fingerprint density at radius 2 is 1.91 bits per heavy atom. The molecule has 1 aliphatic heterocycles. The number of benzene rings is 1. The summed E-state index contributed by atoms with van der Waals surface area (Å²) in [5, 5.41) is 11.2. The van der Waals surface area contributed by atoms with Crippen molar-refractivity contribution in [1.82, 2.24) is 9.88 Å². The van der Waals surface area contributed by atoms with E-state index in [1.54, 1.807) is 17.3 Å². The van der Waals surface area contributed by atoms with E-state index in [-0.39, 0.29) is 11.8 Å². The van der Waals surface area contributed by atoms with Crippen LogP contribution in [0.25, 0.3) is 10.8 Å². The van der Waals surface area contributed by atoms with E-state index in [2.05, 4.69) is 4.98 Å². The van der Waals surface area contributed by atoms with Crippen LogP contribution in [0.3, 0.4) is 0 Å². The molecule has 23 heavy (non-hydrogen) atoms. The Balaban J connectivity index is 1.65. The Labute approximate surface area is 133 Å². The molecule has 5 heteroatoms. The molecule has 0 bridgehead atoms. The third kappa shape index (κ3) is 2.46. The van der Waals surface area contributed by atoms with Crippen LogP contribution in [0.2, 0.25) is 0 Å². The number of likely N-dealkylation sites (tertiary alicyclic amines) is 1. The van der Waals surface area contributed by atoms with Crippen LogP contribution in [0, 0.1) is 17.8 Å². The van der Waals surface area contributed by atoms with Crippen LogP contribution in [0.5, 0.6) is 0 Å². The van der Waals surface area contributed by atoms with E-state index in [1.165, 1.54) is 0 Å². The van der Waals surface area contributed by atoms with E-state index in [0.29, 0.717) is 24.6 Å². The topological polar surface area (TPSA) is 70.5 Å². The smallest absolute Gasteiger partial charge is 0.308 e. The monoisotopic (exact) mass is 310 g/mol. The average Bonchev–Trinajstić information content (AvgIpc) is 3.31. The molecule has 1 aromatic heterocycles. The van der Waals surface area contributed by atoms with Gasteiger partial charge in [0.05, 0.1) is 11.5 Å². The first kappa shape index (κ1) is 14.2. The standard InChI is InChI=1S/C18H18N2O3/c21-17(14-8-19-7-12-3-1-2-4-13(12)14)20-9-15(11-5-6-11)16(10-20)18(22)23/h1-4,7-8,11,15-16H,5-6,9-10H2,(H,22,23)/t15-,16+/m1/s1. The lowest BCUT2D eigenvalue weighted by Crippen LogP contribution is -2.30. The lowest BCUT2D eigenvalue weighted by atomic mass is 9.92. The van der Waals surface area contributed by atoms with Gasteiger partial charge in [-0.3, -0.25) is 14.6 Å². The zero-order chi connectivity index (χ0) is 16.0. The van der Waals surface area contributed by atoms with Gasteiger partial charge in [0.25, 0.3) is 5.91 Å². The maximum atomic E-state index is 12.9. The molecule has 2 aromatic rings. The largest absolute Gasteiger partial charge is 0.481 e. The summed E-state index contributed by atoms with van der Waals surface area (Å²) in [7, 11) is 0. The molecule has 0 radical (unpaired) electrons. The molecule has 0 spiro atoms. The Bertz CT molecular complexity index is 779. The zero-order valence-electron chi connectivity index (χ0n) is 12.7. The number of carbonyl (C=O) groups excluding carboxylic acids is 1. The van der Waals surface area contributed by atoms with Crippen molar-refractivity contribution < 1.29 is 14.7 Å². The molecule has 5 nitrogen and oxygen atoms in total. The lowest BCUT2D eigenvalue weighted by Gasteiger charge is -2.17. The molecule has 2 aliphatic rings. The van der Waals surface area contributed by atoms with E-state index in [9.17, 15) is 14.7 Å². The minimum Gasteiger partial charge on any atom is -0.481 e. The van der Waals surface area contributed by atoms with Crippen LogP contribution >= 0.6 is 0 Å². The fourth-order valence-corrected chi connectivity index (χ4v) is 3.72. The maximum Gasteiger partial charge on any atom is 0.308 e. The number of nitrogens with zero attached hydrogens (tertiary/aromatic N) is 2. The molecule has 1 N–H and O–H groups in total. The van der Waals surface area contributed by atoms with E-state index in [4.69, 9.17) is 0 Å². The average molecular weight is 310 g/mol. The van der Waals surface area contributed by atoms with Gasteiger partial charge in [-0.1, -0.05) is 24.3 Å². The first-order chi connectivity index (χ1) is 11.1. The van der Waals surface area contributed by atoms with Gasteiger partial charge < -0.3 is 10.0 Å². The van der Waals surface area contributed by atoms with Crippen LogP contribution in [0.4, 0.5) is 0 Å². The first-order valence-electron chi connectivity index (χ1n) is 8.00.